The van der Waals surface area contributed by atoms with Crippen LogP contribution in [0, 0.1) is 0 Å². The van der Waals surface area contributed by atoms with Gasteiger partial charge in [-0.3, -0.25) is 4.57 Å². The van der Waals surface area contributed by atoms with Crippen LogP contribution in [0.15, 0.2) is 43.0 Å². The highest BCUT2D eigenvalue weighted by Gasteiger charge is 1.90. The maximum atomic E-state index is 7.38. The van der Waals surface area contributed by atoms with Crippen LogP contribution < -0.4 is 0 Å². The van der Waals surface area contributed by atoms with E-state index in [0.29, 0.717) is 0 Å². The first kappa shape index (κ1) is 5.07. The van der Waals surface area contributed by atoms with Crippen LogP contribution >= 0.6 is 0 Å². The summed E-state index contributed by atoms with van der Waals surface area (Å²) in [5.74, 6) is 0. The Hall–Kier alpha value is -1.64. The molecule has 1 aromatic carbocycles. The quantitative estimate of drug-likeness (QED) is 0.606. The number of rotatable bonds is 1. The summed E-state index contributed by atoms with van der Waals surface area (Å²) in [6.07, 6.45) is 1.68. The van der Waals surface area contributed by atoms with Crippen molar-refractivity contribution in [1.29, 1.82) is 0 Å². The summed E-state index contributed by atoms with van der Waals surface area (Å²) >= 11 is 0. The van der Waals surface area contributed by atoms with Gasteiger partial charge < -0.3 is 0 Å². The van der Waals surface area contributed by atoms with E-state index in [9.17, 15) is 0 Å². The van der Waals surface area contributed by atoms with E-state index in [4.69, 9.17) is 1.37 Å². The van der Waals surface area contributed by atoms with Crippen LogP contribution in [0.2, 0.25) is 0 Å². The highest BCUT2D eigenvalue weighted by molar-refractivity contribution is 5.29. The Kier molecular flexibility index (Phi) is 1.17. The van der Waals surface area contributed by atoms with Crippen molar-refractivity contribution in [2.45, 2.75) is 0 Å². The fourth-order valence-corrected chi connectivity index (χ4v) is 0.890. The first-order valence-electron chi connectivity index (χ1n) is 3.80. The van der Waals surface area contributed by atoms with Gasteiger partial charge in [0.1, 0.15) is 14.0 Å². The molecule has 0 bridgehead atoms. The average molecular weight is 146 g/mol. The third kappa shape index (κ3) is 1.12. The first-order chi connectivity index (χ1) is 5.88. The fraction of sp³-hybridized carbons (Fsp3) is 0. The van der Waals surface area contributed by atoms with Gasteiger partial charge in [-0.1, -0.05) is 18.2 Å². The number of benzene rings is 1. The van der Waals surface area contributed by atoms with Crippen molar-refractivity contribution in [2.24, 2.45) is 0 Å². The van der Waals surface area contributed by atoms with Crippen molar-refractivity contribution in [3.8, 4) is 5.69 Å². The Morgan fingerprint density at radius 1 is 1.18 bits per heavy atom. The monoisotopic (exact) mass is 146 g/mol. The number of aromatic nitrogens is 3. The molecule has 0 aliphatic rings. The zero-order chi connectivity index (χ0) is 8.39. The summed E-state index contributed by atoms with van der Waals surface area (Å²) in [6, 6.07) is 9.56. The highest BCUT2D eigenvalue weighted by atomic mass is 15.2. The molecule has 11 heavy (non-hydrogen) atoms. The lowest BCUT2D eigenvalue weighted by Crippen LogP contribution is -1.87. The standard InChI is InChI=1S/C8H7N3/c1-2-4-8(5-3-1)11-6-9-10-7-11/h1-7H/i6D. The molecule has 0 atom stereocenters. The van der Waals surface area contributed by atoms with Crippen molar-refractivity contribution in [2.75, 3.05) is 0 Å². The van der Waals surface area contributed by atoms with E-state index >= 15 is 0 Å². The molecule has 0 aliphatic carbocycles. The summed E-state index contributed by atoms with van der Waals surface area (Å²) in [7, 11) is 0. The number of para-hydroxylation sites is 1. The van der Waals surface area contributed by atoms with Gasteiger partial charge in [-0.2, -0.15) is 0 Å². The van der Waals surface area contributed by atoms with Gasteiger partial charge in [-0.05, 0) is 12.1 Å². The van der Waals surface area contributed by atoms with Crippen LogP contribution in [-0.4, -0.2) is 14.8 Å². The van der Waals surface area contributed by atoms with Crippen LogP contribution in [0.25, 0.3) is 5.69 Å². The predicted molar refractivity (Wildman–Crippen MR) is 41.4 cm³/mol. The lowest BCUT2D eigenvalue weighted by molar-refractivity contribution is 1.06. The molecule has 2 rings (SSSR count). The van der Waals surface area contributed by atoms with Crippen LogP contribution in [0.5, 0.6) is 0 Å². The van der Waals surface area contributed by atoms with Gasteiger partial charge >= 0.3 is 0 Å². The topological polar surface area (TPSA) is 30.7 Å². The van der Waals surface area contributed by atoms with Gasteiger partial charge in [0.25, 0.3) is 0 Å². The zero-order valence-corrected chi connectivity index (χ0v) is 5.81. The molecule has 0 aliphatic heterocycles. The van der Waals surface area contributed by atoms with E-state index < -0.39 is 0 Å². The number of hydrogen-bond donors (Lipinski definition) is 0. The molecule has 3 heteroatoms. The summed E-state index contributed by atoms with van der Waals surface area (Å²) in [4.78, 5) is 0. The fourth-order valence-electron chi connectivity index (χ4n) is 0.890. The molecule has 0 radical (unpaired) electrons. The summed E-state index contributed by atoms with van der Waals surface area (Å²) in [6.45, 7) is 0. The Balaban J connectivity index is 2.51. The maximum Gasteiger partial charge on any atom is 0.123 e. The lowest BCUT2D eigenvalue weighted by atomic mass is 10.3. The second-order valence-electron chi connectivity index (χ2n) is 2.14. The second kappa shape index (κ2) is 2.54. The van der Waals surface area contributed by atoms with E-state index in [0.717, 1.165) is 5.69 Å². The van der Waals surface area contributed by atoms with Crippen molar-refractivity contribution < 1.29 is 1.37 Å². The molecule has 1 aromatic heterocycles. The van der Waals surface area contributed by atoms with Crippen molar-refractivity contribution >= 4 is 0 Å². The van der Waals surface area contributed by atoms with E-state index in [1.54, 1.807) is 4.57 Å². The van der Waals surface area contributed by atoms with Gasteiger partial charge in [0, 0.05) is 5.69 Å². The molecular weight excluding hydrogens is 138 g/mol. The molecule has 0 amide bonds. The zero-order valence-electron chi connectivity index (χ0n) is 6.81. The molecule has 54 valence electrons. The summed E-state index contributed by atoms with van der Waals surface area (Å²) in [5, 5.41) is 7.20. The highest BCUT2D eigenvalue weighted by Crippen LogP contribution is 2.03. The van der Waals surface area contributed by atoms with Crippen molar-refractivity contribution in [3.63, 3.8) is 0 Å². The normalized spacial score (nSPS) is 11.1. The SMILES string of the molecule is [2H]c1nncn1-c1ccccc1. The Morgan fingerprint density at radius 2 is 2.00 bits per heavy atom. The van der Waals surface area contributed by atoms with Crippen molar-refractivity contribution in [1.82, 2.24) is 14.8 Å². The van der Waals surface area contributed by atoms with Gasteiger partial charge in [0.15, 0.2) is 0 Å². The second-order valence-corrected chi connectivity index (χ2v) is 2.14. The third-order valence-corrected chi connectivity index (χ3v) is 1.41. The number of nitrogens with zero attached hydrogens (tertiary/aromatic N) is 3. The molecule has 0 saturated heterocycles. The van der Waals surface area contributed by atoms with Crippen molar-refractivity contribution in [3.05, 3.63) is 43.0 Å². The minimum Gasteiger partial charge on any atom is -0.288 e. The lowest BCUT2D eigenvalue weighted by Gasteiger charge is -1.97. The van der Waals surface area contributed by atoms with Gasteiger partial charge in [0.05, 0.1) is 0 Å². The number of hydrogen-bond acceptors (Lipinski definition) is 2. The molecule has 1 heterocycles. The van der Waals surface area contributed by atoms with E-state index in [1.165, 1.54) is 6.33 Å². The van der Waals surface area contributed by atoms with E-state index in [-0.39, 0.29) is 6.30 Å². The first-order valence-corrected chi connectivity index (χ1v) is 3.30. The summed E-state index contributed by atoms with van der Waals surface area (Å²) in [5.41, 5.74) is 0.910. The molecule has 0 N–H and O–H groups in total. The van der Waals surface area contributed by atoms with Crippen LogP contribution in [-0.2, 0) is 0 Å². The molecule has 0 spiro atoms. The molecular formula is C8H7N3. The minimum atomic E-state index is 0.154. The molecule has 2 aromatic rings. The van der Waals surface area contributed by atoms with Gasteiger partial charge in [-0.25, -0.2) is 0 Å². The van der Waals surface area contributed by atoms with E-state index in [2.05, 4.69) is 10.2 Å². The molecule has 3 nitrogen and oxygen atoms in total. The average Bonchev–Trinajstić information content (AvgIpc) is 2.53. The van der Waals surface area contributed by atoms with Crippen LogP contribution in [0.4, 0.5) is 0 Å². The van der Waals surface area contributed by atoms with Gasteiger partial charge in [-0.15, -0.1) is 10.2 Å². The van der Waals surface area contributed by atoms with Crippen LogP contribution in [0.1, 0.15) is 1.37 Å². The Morgan fingerprint density at radius 3 is 2.64 bits per heavy atom. The molecule has 0 saturated carbocycles. The minimum absolute atomic E-state index is 0.154. The molecule has 0 unspecified atom stereocenters. The predicted octanol–water partition coefficient (Wildman–Crippen LogP) is 1.27. The van der Waals surface area contributed by atoms with Gasteiger partial charge in [0.2, 0.25) is 0 Å². The van der Waals surface area contributed by atoms with E-state index in [1.807, 2.05) is 30.3 Å². The Labute approximate surface area is 65.7 Å². The smallest absolute Gasteiger partial charge is 0.123 e. The van der Waals surface area contributed by atoms with Crippen LogP contribution in [0.3, 0.4) is 0 Å². The molecule has 0 fully saturated rings. The maximum absolute atomic E-state index is 7.38. The summed E-state index contributed by atoms with van der Waals surface area (Å²) < 4.78 is 8.99. The largest absolute Gasteiger partial charge is 0.288 e. The third-order valence-electron chi connectivity index (χ3n) is 1.41. The Bertz CT molecular complexity index is 369.